The minimum absolute atomic E-state index is 0.0841. The Kier molecular flexibility index (Phi) is 4.04. The molecule has 0 saturated carbocycles. The average Bonchev–Trinajstić information content (AvgIpc) is 2.45. The highest BCUT2D eigenvalue weighted by Gasteiger charge is 2.34. The van der Waals surface area contributed by atoms with E-state index in [-0.39, 0.29) is 17.0 Å². The number of hydrogen-bond donors (Lipinski definition) is 0. The largest absolute Gasteiger partial charge is 0.497 e. The molecule has 0 aliphatic rings. The average molecular weight is 321 g/mol. The van der Waals surface area contributed by atoms with Crippen molar-refractivity contribution >= 4 is 0 Å². The van der Waals surface area contributed by atoms with Crippen molar-refractivity contribution in [2.45, 2.75) is 12.4 Å². The van der Waals surface area contributed by atoms with Crippen LogP contribution in [0.15, 0.2) is 36.4 Å². The summed E-state index contributed by atoms with van der Waals surface area (Å²) in [4.78, 5) is 3.37. The van der Waals surface area contributed by atoms with Crippen LogP contribution in [0.25, 0.3) is 11.3 Å². The second-order valence-electron chi connectivity index (χ2n) is 4.35. The van der Waals surface area contributed by atoms with E-state index in [1.54, 1.807) is 0 Å². The first kappa shape index (κ1) is 16.1. The zero-order chi connectivity index (χ0) is 16.5. The molecular weight excluding hydrogens is 312 g/mol. The molecule has 0 saturated heterocycles. The number of hydrogen-bond acceptors (Lipinski definition) is 2. The van der Waals surface area contributed by atoms with Crippen LogP contribution in [0.4, 0.5) is 26.3 Å². The van der Waals surface area contributed by atoms with E-state index in [4.69, 9.17) is 4.74 Å². The molecule has 0 atom stereocenters. The van der Waals surface area contributed by atoms with Gasteiger partial charge in [-0.05, 0) is 12.1 Å². The van der Waals surface area contributed by atoms with Gasteiger partial charge in [-0.1, -0.05) is 12.1 Å². The number of pyridine rings is 1. The van der Waals surface area contributed by atoms with Gasteiger partial charge in [0.05, 0.1) is 18.4 Å². The summed E-state index contributed by atoms with van der Waals surface area (Å²) < 4.78 is 81.1. The van der Waals surface area contributed by atoms with E-state index in [0.29, 0.717) is 6.07 Å². The molecule has 0 aliphatic heterocycles. The molecule has 8 heteroatoms. The number of benzene rings is 1. The highest BCUT2D eigenvalue weighted by Crippen LogP contribution is 2.35. The molecule has 22 heavy (non-hydrogen) atoms. The Bertz CT molecular complexity index is 678. The van der Waals surface area contributed by atoms with Crippen molar-refractivity contribution in [1.82, 2.24) is 4.98 Å². The smallest absolute Gasteiger partial charge is 0.433 e. The predicted octanol–water partition coefficient (Wildman–Crippen LogP) is 4.79. The van der Waals surface area contributed by atoms with Gasteiger partial charge in [0, 0.05) is 17.7 Å². The van der Waals surface area contributed by atoms with E-state index in [1.807, 2.05) is 0 Å². The van der Waals surface area contributed by atoms with Crippen LogP contribution < -0.4 is 4.74 Å². The topological polar surface area (TPSA) is 22.1 Å². The van der Waals surface area contributed by atoms with Crippen molar-refractivity contribution in [3.63, 3.8) is 0 Å². The molecule has 0 radical (unpaired) electrons. The third-order valence-corrected chi connectivity index (χ3v) is 2.81. The van der Waals surface area contributed by atoms with Gasteiger partial charge in [0.25, 0.3) is 0 Å². The van der Waals surface area contributed by atoms with Crippen LogP contribution in [0.1, 0.15) is 11.3 Å². The quantitative estimate of drug-likeness (QED) is 0.742. The van der Waals surface area contributed by atoms with Crippen molar-refractivity contribution in [3.05, 3.63) is 47.7 Å². The summed E-state index contributed by atoms with van der Waals surface area (Å²) in [5.74, 6) is -0.144. The Hall–Kier alpha value is -2.25. The number of ether oxygens (including phenoxy) is 1. The van der Waals surface area contributed by atoms with Crippen molar-refractivity contribution < 1.29 is 31.1 Å². The number of rotatable bonds is 2. The summed E-state index contributed by atoms with van der Waals surface area (Å²) in [6, 6.07) is 5.74. The third kappa shape index (κ3) is 3.49. The maximum absolute atomic E-state index is 12.8. The Labute approximate surface area is 121 Å². The summed E-state index contributed by atoms with van der Waals surface area (Å²) >= 11 is 0. The van der Waals surface area contributed by atoms with Crippen LogP contribution in [0.2, 0.25) is 0 Å². The highest BCUT2D eigenvalue weighted by molar-refractivity contribution is 5.62. The first-order chi connectivity index (χ1) is 10.1. The lowest BCUT2D eigenvalue weighted by atomic mass is 10.1. The predicted molar refractivity (Wildman–Crippen MR) is 66.2 cm³/mol. The molecule has 118 valence electrons. The van der Waals surface area contributed by atoms with Gasteiger partial charge >= 0.3 is 12.4 Å². The molecule has 2 aromatic rings. The molecule has 2 nitrogen and oxygen atoms in total. The van der Waals surface area contributed by atoms with Gasteiger partial charge in [-0.25, -0.2) is 4.98 Å². The lowest BCUT2D eigenvalue weighted by Crippen LogP contribution is -2.09. The zero-order valence-electron chi connectivity index (χ0n) is 11.1. The van der Waals surface area contributed by atoms with Crippen LogP contribution in [-0.4, -0.2) is 12.1 Å². The molecule has 0 fully saturated rings. The fourth-order valence-electron chi connectivity index (χ4n) is 1.77. The summed E-state index contributed by atoms with van der Waals surface area (Å²) in [6.45, 7) is 0. The number of alkyl halides is 6. The van der Waals surface area contributed by atoms with Gasteiger partial charge in [-0.15, -0.1) is 0 Å². The van der Waals surface area contributed by atoms with Gasteiger partial charge in [0.2, 0.25) is 0 Å². The Morgan fingerprint density at radius 1 is 0.909 bits per heavy atom. The van der Waals surface area contributed by atoms with Crippen molar-refractivity contribution in [2.24, 2.45) is 0 Å². The van der Waals surface area contributed by atoms with Crippen molar-refractivity contribution in [2.75, 3.05) is 7.11 Å². The van der Waals surface area contributed by atoms with E-state index < -0.39 is 23.6 Å². The lowest BCUT2D eigenvalue weighted by molar-refractivity contribution is -0.141. The van der Waals surface area contributed by atoms with Crippen LogP contribution in [0.3, 0.4) is 0 Å². The summed E-state index contributed by atoms with van der Waals surface area (Å²) in [5, 5.41) is 0. The Morgan fingerprint density at radius 2 is 1.59 bits per heavy atom. The van der Waals surface area contributed by atoms with Crippen molar-refractivity contribution in [1.29, 1.82) is 0 Å². The first-order valence-corrected chi connectivity index (χ1v) is 5.92. The van der Waals surface area contributed by atoms with Crippen LogP contribution >= 0.6 is 0 Å². The molecule has 0 aliphatic carbocycles. The normalized spacial score (nSPS) is 12.3. The molecule has 0 bridgehead atoms. The zero-order valence-corrected chi connectivity index (χ0v) is 11.1. The standard InChI is InChI=1S/C14H9F6NO/c1-22-10-6-11(21-12(7-10)14(18,19)20)8-3-2-4-9(5-8)13(15,16)17/h2-7H,1H3. The molecule has 0 spiro atoms. The van der Waals surface area contributed by atoms with Gasteiger partial charge in [0.15, 0.2) is 0 Å². The Balaban J connectivity index is 2.57. The van der Waals surface area contributed by atoms with E-state index in [0.717, 1.165) is 31.4 Å². The molecule has 0 N–H and O–H groups in total. The van der Waals surface area contributed by atoms with Gasteiger partial charge < -0.3 is 4.74 Å². The third-order valence-electron chi connectivity index (χ3n) is 2.81. The maximum atomic E-state index is 12.8. The minimum Gasteiger partial charge on any atom is -0.497 e. The van der Waals surface area contributed by atoms with E-state index in [2.05, 4.69) is 4.98 Å². The van der Waals surface area contributed by atoms with Gasteiger partial charge in [0.1, 0.15) is 11.4 Å². The number of aromatic nitrogens is 1. The number of halogens is 6. The van der Waals surface area contributed by atoms with Crippen LogP contribution in [-0.2, 0) is 12.4 Å². The second-order valence-corrected chi connectivity index (χ2v) is 4.35. The molecule has 1 heterocycles. The first-order valence-electron chi connectivity index (χ1n) is 5.92. The van der Waals surface area contributed by atoms with E-state index in [9.17, 15) is 26.3 Å². The SMILES string of the molecule is COc1cc(-c2cccc(C(F)(F)F)c2)nc(C(F)(F)F)c1. The van der Waals surface area contributed by atoms with Gasteiger partial charge in [-0.3, -0.25) is 0 Å². The van der Waals surface area contributed by atoms with E-state index in [1.165, 1.54) is 6.07 Å². The lowest BCUT2D eigenvalue weighted by Gasteiger charge is -2.12. The molecule has 2 rings (SSSR count). The fourth-order valence-corrected chi connectivity index (χ4v) is 1.77. The summed E-state index contributed by atoms with van der Waals surface area (Å²) in [6.07, 6.45) is -9.33. The van der Waals surface area contributed by atoms with Crippen molar-refractivity contribution in [3.8, 4) is 17.0 Å². The molecule has 1 aromatic carbocycles. The minimum atomic E-state index is -4.73. The van der Waals surface area contributed by atoms with Crippen LogP contribution in [0, 0.1) is 0 Å². The monoisotopic (exact) mass is 321 g/mol. The molecular formula is C14H9F6NO. The van der Waals surface area contributed by atoms with Gasteiger partial charge in [-0.2, -0.15) is 26.3 Å². The maximum Gasteiger partial charge on any atom is 0.433 e. The number of methoxy groups -OCH3 is 1. The second kappa shape index (κ2) is 5.51. The summed E-state index contributed by atoms with van der Waals surface area (Å²) in [5.41, 5.74) is -2.54. The molecule has 1 aromatic heterocycles. The number of nitrogens with zero attached hydrogens (tertiary/aromatic N) is 1. The summed E-state index contributed by atoms with van der Waals surface area (Å²) in [7, 11) is 1.16. The van der Waals surface area contributed by atoms with E-state index >= 15 is 0 Å². The Morgan fingerprint density at radius 3 is 2.14 bits per heavy atom. The molecule has 0 amide bonds. The fraction of sp³-hybridized carbons (Fsp3) is 0.214. The molecule has 0 unspecified atom stereocenters. The highest BCUT2D eigenvalue weighted by atomic mass is 19.4. The van der Waals surface area contributed by atoms with Crippen LogP contribution in [0.5, 0.6) is 5.75 Å².